The highest BCUT2D eigenvalue weighted by atomic mass is 16.2. The van der Waals surface area contributed by atoms with Crippen molar-refractivity contribution in [2.45, 2.75) is 13.0 Å². The molecule has 2 aromatic carbocycles. The van der Waals surface area contributed by atoms with Crippen LogP contribution in [0, 0.1) is 5.92 Å². The zero-order valence-electron chi connectivity index (χ0n) is 14.4. The van der Waals surface area contributed by atoms with Crippen LogP contribution in [0.1, 0.15) is 27.6 Å². The number of Topliss-reactive ketones (excluding diaryl/α,β-unsaturated/α-hetero) is 2. The summed E-state index contributed by atoms with van der Waals surface area (Å²) in [5.74, 6) is -1.13. The Labute approximate surface area is 152 Å². The molecule has 0 bridgehead atoms. The normalized spacial score (nSPS) is 18.7. The summed E-state index contributed by atoms with van der Waals surface area (Å²) in [6.07, 6.45) is 5.04. The number of carbonyl (C=O) groups is 3. The van der Waals surface area contributed by atoms with Crippen molar-refractivity contribution in [3.63, 3.8) is 0 Å². The molecule has 0 spiro atoms. The lowest BCUT2D eigenvalue weighted by molar-refractivity contribution is -0.119. The molecule has 4 heteroatoms. The van der Waals surface area contributed by atoms with Crippen LogP contribution in [0.15, 0.2) is 84.5 Å². The highest BCUT2D eigenvalue weighted by Crippen LogP contribution is 2.24. The number of hydrogen-bond acceptors (Lipinski definition) is 3. The smallest absolute Gasteiger partial charge is 0.217 e. The second kappa shape index (κ2) is 7.74. The summed E-state index contributed by atoms with van der Waals surface area (Å²) in [5, 5.41) is 2.78. The van der Waals surface area contributed by atoms with Crippen molar-refractivity contribution in [1.29, 1.82) is 0 Å². The van der Waals surface area contributed by atoms with E-state index in [9.17, 15) is 14.4 Å². The molecule has 0 heterocycles. The summed E-state index contributed by atoms with van der Waals surface area (Å²) in [5.41, 5.74) is 1.56. The molecule has 0 aliphatic heterocycles. The molecular formula is C22H19NO3. The zero-order valence-corrected chi connectivity index (χ0v) is 14.4. The second-order valence-electron chi connectivity index (χ2n) is 6.16. The van der Waals surface area contributed by atoms with Crippen LogP contribution in [0.4, 0.5) is 0 Å². The molecule has 0 fully saturated rings. The van der Waals surface area contributed by atoms with Gasteiger partial charge < -0.3 is 5.32 Å². The Morgan fingerprint density at radius 2 is 1.42 bits per heavy atom. The summed E-state index contributed by atoms with van der Waals surface area (Å²) < 4.78 is 0. The number of ketones is 2. The molecular weight excluding hydrogens is 326 g/mol. The Morgan fingerprint density at radius 1 is 0.846 bits per heavy atom. The largest absolute Gasteiger partial charge is 0.349 e. The van der Waals surface area contributed by atoms with Gasteiger partial charge in [0.2, 0.25) is 5.91 Å². The van der Waals surface area contributed by atoms with Gasteiger partial charge in [0.05, 0.1) is 12.0 Å². The van der Waals surface area contributed by atoms with Crippen LogP contribution in [0.5, 0.6) is 0 Å². The van der Waals surface area contributed by atoms with Gasteiger partial charge in [0.15, 0.2) is 11.6 Å². The van der Waals surface area contributed by atoms with Gasteiger partial charge in [0.25, 0.3) is 0 Å². The van der Waals surface area contributed by atoms with E-state index in [1.54, 1.807) is 66.8 Å². The van der Waals surface area contributed by atoms with Crippen LogP contribution < -0.4 is 5.32 Å². The molecule has 26 heavy (non-hydrogen) atoms. The number of benzene rings is 2. The number of hydrogen-bond donors (Lipinski definition) is 1. The van der Waals surface area contributed by atoms with Gasteiger partial charge in [-0.3, -0.25) is 14.4 Å². The Hall–Kier alpha value is -3.27. The third-order valence-corrected chi connectivity index (χ3v) is 4.26. The average molecular weight is 345 g/mol. The van der Waals surface area contributed by atoms with Crippen LogP contribution in [0.3, 0.4) is 0 Å². The van der Waals surface area contributed by atoms with Gasteiger partial charge in [0.1, 0.15) is 0 Å². The minimum absolute atomic E-state index is 0.132. The fourth-order valence-electron chi connectivity index (χ4n) is 2.99. The Bertz CT molecular complexity index is 882. The first-order valence-corrected chi connectivity index (χ1v) is 8.42. The van der Waals surface area contributed by atoms with E-state index in [4.69, 9.17) is 0 Å². The minimum Gasteiger partial charge on any atom is -0.349 e. The molecule has 1 aliphatic rings. The van der Waals surface area contributed by atoms with Gasteiger partial charge in [-0.15, -0.1) is 0 Å². The highest BCUT2D eigenvalue weighted by molar-refractivity contribution is 6.12. The number of amides is 1. The van der Waals surface area contributed by atoms with Crippen molar-refractivity contribution in [3.05, 3.63) is 95.6 Å². The molecule has 130 valence electrons. The summed E-state index contributed by atoms with van der Waals surface area (Å²) in [7, 11) is 0. The van der Waals surface area contributed by atoms with Crippen molar-refractivity contribution < 1.29 is 14.4 Å². The molecule has 2 aromatic rings. The van der Waals surface area contributed by atoms with Gasteiger partial charge in [-0.2, -0.15) is 0 Å². The first kappa shape index (κ1) is 17.5. The number of carbonyl (C=O) groups excluding carboxylic acids is 3. The molecule has 0 radical (unpaired) electrons. The quantitative estimate of drug-likeness (QED) is 0.845. The lowest BCUT2D eigenvalue weighted by Crippen LogP contribution is -2.42. The van der Waals surface area contributed by atoms with E-state index in [0.29, 0.717) is 16.7 Å². The third-order valence-electron chi connectivity index (χ3n) is 4.26. The van der Waals surface area contributed by atoms with Crippen LogP contribution in [-0.4, -0.2) is 23.5 Å². The van der Waals surface area contributed by atoms with E-state index in [-0.39, 0.29) is 17.5 Å². The first-order chi connectivity index (χ1) is 12.6. The molecule has 2 atom stereocenters. The molecule has 0 saturated carbocycles. The summed E-state index contributed by atoms with van der Waals surface area (Å²) in [4.78, 5) is 37.2. The van der Waals surface area contributed by atoms with Crippen molar-refractivity contribution in [1.82, 2.24) is 5.32 Å². The van der Waals surface area contributed by atoms with Gasteiger partial charge in [0, 0.05) is 23.6 Å². The lowest BCUT2D eigenvalue weighted by Gasteiger charge is -2.25. The van der Waals surface area contributed by atoms with E-state index < -0.39 is 12.0 Å². The van der Waals surface area contributed by atoms with Crippen molar-refractivity contribution in [2.24, 2.45) is 5.92 Å². The molecule has 1 amide bonds. The van der Waals surface area contributed by atoms with Crippen LogP contribution in [-0.2, 0) is 4.79 Å². The van der Waals surface area contributed by atoms with Crippen LogP contribution in [0.2, 0.25) is 0 Å². The molecule has 1 N–H and O–H groups in total. The maximum absolute atomic E-state index is 13.0. The molecule has 0 saturated heterocycles. The summed E-state index contributed by atoms with van der Waals surface area (Å²) >= 11 is 0. The van der Waals surface area contributed by atoms with Crippen molar-refractivity contribution in [2.75, 3.05) is 0 Å². The fourth-order valence-corrected chi connectivity index (χ4v) is 2.99. The van der Waals surface area contributed by atoms with Gasteiger partial charge >= 0.3 is 0 Å². The van der Waals surface area contributed by atoms with Crippen molar-refractivity contribution >= 4 is 17.5 Å². The standard InChI is InChI=1S/C22H19NO3/c1-15(24)23-20-13-12-18(21(25)16-8-4-2-5-9-16)14-19(20)22(26)17-10-6-3-7-11-17/h2-14,19-20H,1H3,(H,23,24). The van der Waals surface area contributed by atoms with E-state index in [0.717, 1.165) is 0 Å². The van der Waals surface area contributed by atoms with Crippen molar-refractivity contribution in [3.8, 4) is 0 Å². The predicted molar refractivity (Wildman–Crippen MR) is 99.9 cm³/mol. The van der Waals surface area contributed by atoms with E-state index in [1.807, 2.05) is 12.1 Å². The lowest BCUT2D eigenvalue weighted by atomic mass is 9.83. The third kappa shape index (κ3) is 3.86. The predicted octanol–water partition coefficient (Wildman–Crippen LogP) is 3.37. The van der Waals surface area contributed by atoms with Crippen LogP contribution in [0.25, 0.3) is 0 Å². The zero-order chi connectivity index (χ0) is 18.5. The summed E-state index contributed by atoms with van der Waals surface area (Å²) in [6, 6.07) is 17.3. The average Bonchev–Trinajstić information content (AvgIpc) is 2.68. The summed E-state index contributed by atoms with van der Waals surface area (Å²) in [6.45, 7) is 1.41. The number of nitrogens with one attached hydrogen (secondary N) is 1. The fraction of sp³-hybridized carbons (Fsp3) is 0.136. The van der Waals surface area contributed by atoms with Gasteiger partial charge in [-0.1, -0.05) is 78.9 Å². The Balaban J connectivity index is 1.94. The van der Waals surface area contributed by atoms with Gasteiger partial charge in [-0.25, -0.2) is 0 Å². The first-order valence-electron chi connectivity index (χ1n) is 8.42. The SMILES string of the molecule is CC(=O)NC1C=CC(C(=O)c2ccccc2)=CC1C(=O)c1ccccc1. The second-order valence-corrected chi connectivity index (χ2v) is 6.16. The Morgan fingerprint density at radius 3 is 2.00 bits per heavy atom. The maximum atomic E-state index is 13.0. The number of rotatable bonds is 5. The molecule has 2 unspecified atom stereocenters. The van der Waals surface area contributed by atoms with Gasteiger partial charge in [-0.05, 0) is 0 Å². The van der Waals surface area contributed by atoms with E-state index >= 15 is 0 Å². The maximum Gasteiger partial charge on any atom is 0.217 e. The molecule has 3 rings (SSSR count). The monoisotopic (exact) mass is 345 g/mol. The topological polar surface area (TPSA) is 63.2 Å². The molecule has 0 aromatic heterocycles. The van der Waals surface area contributed by atoms with E-state index in [2.05, 4.69) is 5.32 Å². The molecule has 1 aliphatic carbocycles. The Kier molecular flexibility index (Phi) is 5.23. The highest BCUT2D eigenvalue weighted by Gasteiger charge is 2.30. The minimum atomic E-state index is -0.631. The van der Waals surface area contributed by atoms with E-state index in [1.165, 1.54) is 6.92 Å². The van der Waals surface area contributed by atoms with Crippen LogP contribution >= 0.6 is 0 Å². The number of allylic oxidation sites excluding steroid dienone is 2. The molecule has 4 nitrogen and oxygen atoms in total.